The third kappa shape index (κ3) is 51.5. The molecule has 0 bridgehead atoms. The molecule has 1 atom stereocenters. The number of hydrogen-bond donors (Lipinski definition) is 0. The molecule has 0 N–H and O–H groups in total. The first-order valence-electron chi connectivity index (χ1n) is 26.8. The summed E-state index contributed by atoms with van der Waals surface area (Å²) in [5, 5.41) is 0. The second-order valence-electron chi connectivity index (χ2n) is 17.4. The molecule has 366 valence electrons. The molecule has 0 aliphatic rings. The van der Waals surface area contributed by atoms with Gasteiger partial charge in [0.15, 0.2) is 6.10 Å². The number of hydrogen-bond acceptors (Lipinski definition) is 5. The van der Waals surface area contributed by atoms with E-state index < -0.39 is 6.10 Å². The Hall–Kier alpha value is -3.18. The Bertz CT molecular complexity index is 1230. The third-order valence-electron chi connectivity index (χ3n) is 11.1. The zero-order chi connectivity index (χ0) is 46.3. The lowest BCUT2D eigenvalue weighted by Crippen LogP contribution is -2.30. The van der Waals surface area contributed by atoms with Crippen LogP contribution in [0.25, 0.3) is 0 Å². The SMILES string of the molecule is CC/C=C\C/C=C\C/C=C\C/C=C\C/C=C\CC(=O)OCC(COCCCCCCCCC/C=C\C/C=C\C/C=C\CCCCC)OC(=O)CCCCCCCCCCCCCCC. The van der Waals surface area contributed by atoms with Crippen LogP contribution in [0.15, 0.2) is 97.2 Å². The fourth-order valence-electron chi connectivity index (χ4n) is 7.18. The summed E-state index contributed by atoms with van der Waals surface area (Å²) in [6, 6.07) is 0. The number of unbranched alkanes of at least 4 members (excludes halogenated alkanes) is 22. The van der Waals surface area contributed by atoms with Crippen LogP contribution in [0.5, 0.6) is 0 Å². The van der Waals surface area contributed by atoms with Gasteiger partial charge in [0.1, 0.15) is 6.61 Å². The van der Waals surface area contributed by atoms with E-state index in [1.54, 1.807) is 0 Å². The van der Waals surface area contributed by atoms with Crippen LogP contribution in [0.2, 0.25) is 0 Å². The summed E-state index contributed by atoms with van der Waals surface area (Å²) in [7, 11) is 0. The highest BCUT2D eigenvalue weighted by Gasteiger charge is 2.17. The molecular formula is C59H100O5. The molecule has 0 spiro atoms. The highest BCUT2D eigenvalue weighted by molar-refractivity contribution is 5.71. The monoisotopic (exact) mass is 889 g/mol. The summed E-state index contributed by atoms with van der Waals surface area (Å²) in [6.07, 6.45) is 73.0. The molecule has 0 aromatic rings. The minimum absolute atomic E-state index is 0.0244. The van der Waals surface area contributed by atoms with E-state index in [2.05, 4.69) is 106 Å². The van der Waals surface area contributed by atoms with Crippen molar-refractivity contribution in [3.05, 3.63) is 97.2 Å². The molecule has 5 nitrogen and oxygen atoms in total. The lowest BCUT2D eigenvalue weighted by Gasteiger charge is -2.18. The van der Waals surface area contributed by atoms with Crippen molar-refractivity contribution in [1.82, 2.24) is 0 Å². The summed E-state index contributed by atoms with van der Waals surface area (Å²) in [5.41, 5.74) is 0. The van der Waals surface area contributed by atoms with E-state index >= 15 is 0 Å². The van der Waals surface area contributed by atoms with Gasteiger partial charge in [-0.05, 0) is 83.5 Å². The number of esters is 2. The van der Waals surface area contributed by atoms with Crippen LogP contribution in [-0.2, 0) is 23.8 Å². The van der Waals surface area contributed by atoms with Crippen molar-refractivity contribution in [2.75, 3.05) is 19.8 Å². The summed E-state index contributed by atoms with van der Waals surface area (Å²) < 4.78 is 17.3. The summed E-state index contributed by atoms with van der Waals surface area (Å²) in [6.45, 7) is 7.56. The number of carbonyl (C=O) groups excluding carboxylic acids is 2. The lowest BCUT2D eigenvalue weighted by molar-refractivity contribution is -0.162. The van der Waals surface area contributed by atoms with Crippen molar-refractivity contribution in [1.29, 1.82) is 0 Å². The Kier molecular flexibility index (Phi) is 51.5. The van der Waals surface area contributed by atoms with Gasteiger partial charge in [-0.2, -0.15) is 0 Å². The fourth-order valence-corrected chi connectivity index (χ4v) is 7.18. The van der Waals surface area contributed by atoms with Gasteiger partial charge in [-0.15, -0.1) is 0 Å². The van der Waals surface area contributed by atoms with Crippen molar-refractivity contribution < 1.29 is 23.8 Å². The first-order chi connectivity index (χ1) is 31.6. The molecule has 0 aliphatic heterocycles. The quantitative estimate of drug-likeness (QED) is 0.0346. The second kappa shape index (κ2) is 54.2. The van der Waals surface area contributed by atoms with Crippen LogP contribution < -0.4 is 0 Å². The van der Waals surface area contributed by atoms with E-state index in [4.69, 9.17) is 14.2 Å². The normalized spacial score (nSPS) is 13.0. The average Bonchev–Trinajstić information content (AvgIpc) is 3.30. The van der Waals surface area contributed by atoms with E-state index in [0.717, 1.165) is 77.0 Å². The van der Waals surface area contributed by atoms with Gasteiger partial charge in [0.2, 0.25) is 0 Å². The van der Waals surface area contributed by atoms with Crippen LogP contribution in [0, 0.1) is 0 Å². The van der Waals surface area contributed by atoms with Crippen molar-refractivity contribution >= 4 is 11.9 Å². The van der Waals surface area contributed by atoms with Crippen LogP contribution in [0.1, 0.15) is 239 Å². The van der Waals surface area contributed by atoms with Crippen LogP contribution in [-0.4, -0.2) is 37.9 Å². The van der Waals surface area contributed by atoms with Crippen molar-refractivity contribution in [2.45, 2.75) is 245 Å². The zero-order valence-electron chi connectivity index (χ0n) is 42.0. The van der Waals surface area contributed by atoms with E-state index in [1.165, 1.54) is 128 Å². The minimum atomic E-state index is -0.584. The van der Waals surface area contributed by atoms with E-state index in [9.17, 15) is 9.59 Å². The van der Waals surface area contributed by atoms with Gasteiger partial charge in [0, 0.05) is 13.0 Å². The predicted octanol–water partition coefficient (Wildman–Crippen LogP) is 18.2. The largest absolute Gasteiger partial charge is 0.461 e. The Morgan fingerprint density at radius 1 is 0.375 bits per heavy atom. The zero-order valence-corrected chi connectivity index (χ0v) is 42.0. The van der Waals surface area contributed by atoms with Crippen molar-refractivity contribution in [3.8, 4) is 0 Å². The van der Waals surface area contributed by atoms with Crippen molar-refractivity contribution in [3.63, 3.8) is 0 Å². The summed E-state index contributed by atoms with van der Waals surface area (Å²) >= 11 is 0. The maximum absolute atomic E-state index is 12.8. The number of ether oxygens (including phenoxy) is 3. The molecule has 64 heavy (non-hydrogen) atoms. The summed E-state index contributed by atoms with van der Waals surface area (Å²) in [4.78, 5) is 25.3. The molecule has 0 aromatic carbocycles. The van der Waals surface area contributed by atoms with Gasteiger partial charge in [0.25, 0.3) is 0 Å². The van der Waals surface area contributed by atoms with Crippen LogP contribution in [0.3, 0.4) is 0 Å². The Balaban J connectivity index is 4.38. The van der Waals surface area contributed by atoms with E-state index in [0.29, 0.717) is 13.0 Å². The third-order valence-corrected chi connectivity index (χ3v) is 11.1. The second-order valence-corrected chi connectivity index (χ2v) is 17.4. The van der Waals surface area contributed by atoms with Gasteiger partial charge in [0.05, 0.1) is 13.0 Å². The number of allylic oxidation sites excluding steroid dienone is 15. The molecule has 0 saturated carbocycles. The maximum Gasteiger partial charge on any atom is 0.309 e. The Morgan fingerprint density at radius 3 is 1.23 bits per heavy atom. The van der Waals surface area contributed by atoms with Crippen molar-refractivity contribution in [2.24, 2.45) is 0 Å². The van der Waals surface area contributed by atoms with E-state index in [1.807, 2.05) is 12.2 Å². The molecule has 0 fully saturated rings. The lowest BCUT2D eigenvalue weighted by atomic mass is 10.0. The van der Waals surface area contributed by atoms with Gasteiger partial charge in [-0.3, -0.25) is 9.59 Å². The molecule has 0 amide bonds. The van der Waals surface area contributed by atoms with Crippen LogP contribution in [0.4, 0.5) is 0 Å². The Labute approximate surface area is 396 Å². The average molecular weight is 889 g/mol. The Morgan fingerprint density at radius 2 is 0.750 bits per heavy atom. The molecule has 0 heterocycles. The molecule has 0 saturated heterocycles. The molecule has 1 unspecified atom stereocenters. The molecule has 0 aliphatic carbocycles. The summed E-state index contributed by atoms with van der Waals surface area (Å²) in [5.74, 6) is -0.548. The first kappa shape index (κ1) is 60.8. The number of carbonyl (C=O) groups is 2. The van der Waals surface area contributed by atoms with Gasteiger partial charge in [-0.25, -0.2) is 0 Å². The predicted molar refractivity (Wildman–Crippen MR) is 279 cm³/mol. The highest BCUT2D eigenvalue weighted by atomic mass is 16.6. The smallest absolute Gasteiger partial charge is 0.309 e. The molecule has 0 radical (unpaired) electrons. The highest BCUT2D eigenvalue weighted by Crippen LogP contribution is 2.14. The van der Waals surface area contributed by atoms with Gasteiger partial charge < -0.3 is 14.2 Å². The fraction of sp³-hybridized carbons (Fsp3) is 0.695. The number of rotatable bonds is 48. The van der Waals surface area contributed by atoms with Gasteiger partial charge in [-0.1, -0.05) is 240 Å². The topological polar surface area (TPSA) is 61.8 Å². The van der Waals surface area contributed by atoms with E-state index in [-0.39, 0.29) is 31.6 Å². The molecule has 0 aromatic heterocycles. The maximum atomic E-state index is 12.8. The first-order valence-corrected chi connectivity index (χ1v) is 26.8. The molecular weight excluding hydrogens is 789 g/mol. The van der Waals surface area contributed by atoms with Crippen LogP contribution >= 0.6 is 0 Å². The standard InChI is InChI=1S/C59H100O5/c1-4-7-10-13-16-19-22-25-27-28-29-30-31-33-36-39-42-45-48-51-54-62-55-57(64-59(61)53-50-47-44-41-38-34-24-21-18-15-12-9-6-3)56-63-58(60)52-49-46-43-40-37-35-32-26-23-20-17-14-11-8-5-2/h8,11,16-17,19-20,25-27,29-30,32,37,40,46,49,57H,4-7,9-10,12-15,18,21-24,28,31,33-36,38-39,41-45,47-48,50-56H2,1-3H3/b11-8-,19-16-,20-17-,27-25-,30-29-,32-26-,40-37-,49-46-. The molecule has 0 rings (SSSR count). The molecule has 5 heteroatoms. The van der Waals surface area contributed by atoms with Gasteiger partial charge >= 0.3 is 11.9 Å². The minimum Gasteiger partial charge on any atom is -0.461 e.